The quantitative estimate of drug-likeness (QED) is 0.697. The number of halogens is 2. The second-order valence-electron chi connectivity index (χ2n) is 4.36. The molecule has 2 nitrogen and oxygen atoms in total. The van der Waals surface area contributed by atoms with E-state index in [-0.39, 0.29) is 0 Å². The van der Waals surface area contributed by atoms with Crippen LogP contribution in [0.25, 0.3) is 0 Å². The highest BCUT2D eigenvalue weighted by Gasteiger charge is 2.14. The lowest BCUT2D eigenvalue weighted by Gasteiger charge is -2.13. The fourth-order valence-electron chi connectivity index (χ4n) is 2.28. The number of fused-ring (bicyclic) bond motifs is 1. The zero-order chi connectivity index (χ0) is 11.4. The van der Waals surface area contributed by atoms with Gasteiger partial charge in [0.2, 0.25) is 0 Å². The minimum atomic E-state index is 0.542. The van der Waals surface area contributed by atoms with Crippen molar-refractivity contribution in [2.75, 3.05) is 0 Å². The second-order valence-corrected chi connectivity index (χ2v) is 5.08. The van der Waals surface area contributed by atoms with E-state index in [4.69, 9.17) is 23.2 Å². The first-order valence-corrected chi connectivity index (χ1v) is 6.74. The zero-order valence-electron chi connectivity index (χ0n) is 9.31. The SMILES string of the molecule is Clc1nnc(Cl)c2c1CCCCCCCC2. The molecule has 0 aliphatic heterocycles. The third-order valence-corrected chi connectivity index (χ3v) is 3.80. The van der Waals surface area contributed by atoms with E-state index in [0.717, 1.165) is 24.0 Å². The lowest BCUT2D eigenvalue weighted by atomic mass is 9.97. The highest BCUT2D eigenvalue weighted by molar-refractivity contribution is 6.32. The van der Waals surface area contributed by atoms with E-state index in [0.29, 0.717) is 10.3 Å². The van der Waals surface area contributed by atoms with Gasteiger partial charge in [0.05, 0.1) is 0 Å². The topological polar surface area (TPSA) is 25.8 Å². The molecule has 1 aromatic heterocycles. The minimum Gasteiger partial charge on any atom is -0.137 e. The van der Waals surface area contributed by atoms with Crippen LogP contribution in [-0.4, -0.2) is 10.2 Å². The van der Waals surface area contributed by atoms with Crippen molar-refractivity contribution >= 4 is 23.2 Å². The summed E-state index contributed by atoms with van der Waals surface area (Å²) in [6.45, 7) is 0. The molecule has 88 valence electrons. The molecule has 0 N–H and O–H groups in total. The predicted molar refractivity (Wildman–Crippen MR) is 67.2 cm³/mol. The summed E-state index contributed by atoms with van der Waals surface area (Å²) in [5.41, 5.74) is 2.26. The summed E-state index contributed by atoms with van der Waals surface area (Å²) >= 11 is 12.2. The second kappa shape index (κ2) is 5.83. The van der Waals surface area contributed by atoms with Crippen LogP contribution in [0.5, 0.6) is 0 Å². The first kappa shape index (κ1) is 12.1. The van der Waals surface area contributed by atoms with E-state index >= 15 is 0 Å². The molecule has 2 rings (SSSR count). The summed E-state index contributed by atoms with van der Waals surface area (Å²) in [6, 6.07) is 0. The van der Waals surface area contributed by atoms with Crippen molar-refractivity contribution in [2.24, 2.45) is 0 Å². The molecule has 4 heteroatoms. The Labute approximate surface area is 106 Å². The summed E-state index contributed by atoms with van der Waals surface area (Å²) in [5.74, 6) is 0. The van der Waals surface area contributed by atoms with Crippen molar-refractivity contribution in [3.63, 3.8) is 0 Å². The van der Waals surface area contributed by atoms with E-state index in [1.54, 1.807) is 0 Å². The van der Waals surface area contributed by atoms with Crippen LogP contribution in [0.15, 0.2) is 0 Å². The summed E-state index contributed by atoms with van der Waals surface area (Å²) in [6.07, 6.45) is 9.54. The average Bonchev–Trinajstić information content (AvgIpc) is 2.30. The Morgan fingerprint density at radius 1 is 0.625 bits per heavy atom. The lowest BCUT2D eigenvalue weighted by Crippen LogP contribution is -2.03. The van der Waals surface area contributed by atoms with E-state index in [1.165, 1.54) is 38.5 Å². The number of rotatable bonds is 0. The van der Waals surface area contributed by atoms with Crippen molar-refractivity contribution < 1.29 is 0 Å². The molecule has 0 fully saturated rings. The Kier molecular flexibility index (Phi) is 4.42. The number of hydrogen-bond donors (Lipinski definition) is 0. The number of nitrogens with zero attached hydrogens (tertiary/aromatic N) is 2. The van der Waals surface area contributed by atoms with Crippen LogP contribution in [0, 0.1) is 0 Å². The molecule has 0 aromatic carbocycles. The van der Waals surface area contributed by atoms with Gasteiger partial charge < -0.3 is 0 Å². The van der Waals surface area contributed by atoms with Gasteiger partial charge in [-0.15, -0.1) is 10.2 Å². The van der Waals surface area contributed by atoms with E-state index in [9.17, 15) is 0 Å². The molecule has 1 aromatic rings. The third-order valence-electron chi connectivity index (χ3n) is 3.19. The third kappa shape index (κ3) is 2.86. The van der Waals surface area contributed by atoms with Gasteiger partial charge in [0.1, 0.15) is 0 Å². The lowest BCUT2D eigenvalue weighted by molar-refractivity contribution is 0.578. The van der Waals surface area contributed by atoms with Crippen LogP contribution in [0.3, 0.4) is 0 Å². The van der Waals surface area contributed by atoms with Crippen molar-refractivity contribution in [3.8, 4) is 0 Å². The highest BCUT2D eigenvalue weighted by atomic mass is 35.5. The monoisotopic (exact) mass is 258 g/mol. The molecule has 0 spiro atoms. The van der Waals surface area contributed by atoms with Gasteiger partial charge in [-0.2, -0.15) is 0 Å². The van der Waals surface area contributed by atoms with Gasteiger partial charge in [-0.25, -0.2) is 0 Å². The van der Waals surface area contributed by atoms with Gasteiger partial charge >= 0.3 is 0 Å². The molecular formula is C12H16Cl2N2. The fourth-order valence-corrected chi connectivity index (χ4v) is 2.77. The van der Waals surface area contributed by atoms with E-state index < -0.39 is 0 Å². The van der Waals surface area contributed by atoms with Crippen molar-refractivity contribution in [1.82, 2.24) is 10.2 Å². The Morgan fingerprint density at radius 2 is 1.00 bits per heavy atom. The zero-order valence-corrected chi connectivity index (χ0v) is 10.8. The molecule has 0 saturated heterocycles. The fraction of sp³-hybridized carbons (Fsp3) is 0.667. The summed E-state index contributed by atoms with van der Waals surface area (Å²) < 4.78 is 0. The van der Waals surface area contributed by atoms with Crippen LogP contribution in [0.4, 0.5) is 0 Å². The molecule has 16 heavy (non-hydrogen) atoms. The molecule has 1 aliphatic rings. The predicted octanol–water partition coefficient (Wildman–Crippen LogP) is 4.22. The van der Waals surface area contributed by atoms with Gasteiger partial charge in [-0.3, -0.25) is 0 Å². The molecule has 0 bridgehead atoms. The first-order valence-electron chi connectivity index (χ1n) is 5.98. The number of aromatic nitrogens is 2. The molecular weight excluding hydrogens is 243 g/mol. The molecule has 1 aliphatic carbocycles. The molecule has 0 amide bonds. The average molecular weight is 259 g/mol. The minimum absolute atomic E-state index is 0.542. The Bertz CT molecular complexity index is 331. The Hall–Kier alpha value is -0.340. The maximum atomic E-state index is 6.10. The summed E-state index contributed by atoms with van der Waals surface area (Å²) in [7, 11) is 0. The smallest absolute Gasteiger partial charge is 0.137 e. The maximum Gasteiger partial charge on any atom is 0.155 e. The molecule has 0 atom stereocenters. The van der Waals surface area contributed by atoms with E-state index in [1.807, 2.05) is 0 Å². The highest BCUT2D eigenvalue weighted by Crippen LogP contribution is 2.27. The first-order chi connectivity index (χ1) is 7.79. The standard InChI is InChI=1S/C12H16Cl2N2/c13-11-9-7-5-3-1-2-4-6-8-10(9)12(14)16-15-11/h1-8H2. The van der Waals surface area contributed by atoms with Crippen molar-refractivity contribution in [1.29, 1.82) is 0 Å². The van der Waals surface area contributed by atoms with Crippen LogP contribution in [-0.2, 0) is 12.8 Å². The Balaban J connectivity index is 2.29. The maximum absolute atomic E-state index is 6.10. The van der Waals surface area contributed by atoms with Gasteiger partial charge in [0, 0.05) is 0 Å². The van der Waals surface area contributed by atoms with E-state index in [2.05, 4.69) is 10.2 Å². The van der Waals surface area contributed by atoms with Crippen LogP contribution >= 0.6 is 23.2 Å². The van der Waals surface area contributed by atoms with Crippen molar-refractivity contribution in [3.05, 3.63) is 21.4 Å². The van der Waals surface area contributed by atoms with Crippen molar-refractivity contribution in [2.45, 2.75) is 51.4 Å². The molecule has 0 unspecified atom stereocenters. The van der Waals surface area contributed by atoms with Gasteiger partial charge in [0.25, 0.3) is 0 Å². The van der Waals surface area contributed by atoms with Crippen LogP contribution < -0.4 is 0 Å². The normalized spacial score (nSPS) is 17.9. The number of hydrogen-bond acceptors (Lipinski definition) is 2. The summed E-state index contributed by atoms with van der Waals surface area (Å²) in [5, 5.41) is 8.89. The molecule has 0 saturated carbocycles. The summed E-state index contributed by atoms with van der Waals surface area (Å²) in [4.78, 5) is 0. The van der Waals surface area contributed by atoms with Gasteiger partial charge in [-0.05, 0) is 36.8 Å². The molecule has 1 heterocycles. The largest absolute Gasteiger partial charge is 0.155 e. The van der Waals surface area contributed by atoms with Gasteiger partial charge in [0.15, 0.2) is 10.3 Å². The van der Waals surface area contributed by atoms with Gasteiger partial charge in [-0.1, -0.05) is 48.9 Å². The molecule has 0 radical (unpaired) electrons. The van der Waals surface area contributed by atoms with Crippen LogP contribution in [0.1, 0.15) is 49.7 Å². The Morgan fingerprint density at radius 3 is 1.44 bits per heavy atom. The van der Waals surface area contributed by atoms with Crippen LogP contribution in [0.2, 0.25) is 10.3 Å².